The van der Waals surface area contributed by atoms with Crippen LogP contribution in [0.1, 0.15) is 38.5 Å². The molecule has 2 fully saturated rings. The lowest BCUT2D eigenvalue weighted by molar-refractivity contribution is -0.119. The van der Waals surface area contributed by atoms with E-state index in [9.17, 15) is 4.79 Å². The van der Waals surface area contributed by atoms with Gasteiger partial charge in [-0.15, -0.1) is 0 Å². The average molecular weight is 162 g/mol. The molecule has 0 aromatic rings. The van der Waals surface area contributed by atoms with Crippen LogP contribution >= 0.6 is 0 Å². The van der Waals surface area contributed by atoms with E-state index in [0.717, 1.165) is 0 Å². The van der Waals surface area contributed by atoms with Gasteiger partial charge in [-0.05, 0) is 38.2 Å². The molecule has 64 valence electrons. The van der Waals surface area contributed by atoms with Gasteiger partial charge in [-0.3, -0.25) is 4.79 Å². The van der Waals surface area contributed by atoms with Gasteiger partial charge in [0.1, 0.15) is 0 Å². The second-order valence-corrected chi connectivity index (χ2v) is 4.53. The molecule has 0 unspecified atom stereocenters. The molecular formula is C11H14O. The van der Waals surface area contributed by atoms with Gasteiger partial charge in [-0.1, -0.05) is 12.0 Å². The molecule has 2 atom stereocenters. The third-order valence-corrected chi connectivity index (χ3v) is 4.15. The lowest BCUT2D eigenvalue weighted by Gasteiger charge is -2.25. The Morgan fingerprint density at radius 3 is 3.08 bits per heavy atom. The molecular weight excluding hydrogens is 148 g/mol. The van der Waals surface area contributed by atoms with Crippen molar-refractivity contribution < 1.29 is 4.79 Å². The first kappa shape index (κ1) is 6.88. The molecule has 2 saturated carbocycles. The molecule has 0 amide bonds. The first-order valence-electron chi connectivity index (χ1n) is 5.08. The van der Waals surface area contributed by atoms with E-state index in [4.69, 9.17) is 0 Å². The second kappa shape index (κ2) is 2.01. The summed E-state index contributed by atoms with van der Waals surface area (Å²) in [5, 5.41) is 0. The number of allylic oxidation sites excluding steroid dienone is 2. The van der Waals surface area contributed by atoms with Crippen molar-refractivity contribution in [3.8, 4) is 0 Å². The van der Waals surface area contributed by atoms with E-state index in [0.29, 0.717) is 17.1 Å². The van der Waals surface area contributed by atoms with Gasteiger partial charge in [-0.25, -0.2) is 0 Å². The number of carbonyl (C=O) groups is 1. The summed E-state index contributed by atoms with van der Waals surface area (Å²) in [6.07, 6.45) is 9.56. The lowest BCUT2D eigenvalue weighted by Crippen LogP contribution is -2.22. The number of hydrogen-bond acceptors (Lipinski definition) is 1. The zero-order valence-electron chi connectivity index (χ0n) is 7.31. The number of rotatable bonds is 0. The van der Waals surface area contributed by atoms with Crippen LogP contribution in [0.25, 0.3) is 0 Å². The predicted molar refractivity (Wildman–Crippen MR) is 46.7 cm³/mol. The highest BCUT2D eigenvalue weighted by atomic mass is 16.1. The highest BCUT2D eigenvalue weighted by molar-refractivity contribution is 5.97. The van der Waals surface area contributed by atoms with Crippen molar-refractivity contribution in [3.05, 3.63) is 11.6 Å². The van der Waals surface area contributed by atoms with E-state index in [-0.39, 0.29) is 0 Å². The average Bonchev–Trinajstić information content (AvgIpc) is 2.63. The van der Waals surface area contributed by atoms with E-state index in [1.54, 1.807) is 0 Å². The molecule has 0 N–H and O–H groups in total. The molecule has 0 saturated heterocycles. The van der Waals surface area contributed by atoms with Crippen molar-refractivity contribution in [2.75, 3.05) is 0 Å². The lowest BCUT2D eigenvalue weighted by atomic mass is 9.77. The van der Waals surface area contributed by atoms with Gasteiger partial charge >= 0.3 is 0 Å². The molecule has 0 aliphatic heterocycles. The maximum atomic E-state index is 11.6. The molecule has 0 heterocycles. The van der Waals surface area contributed by atoms with Gasteiger partial charge in [0.05, 0.1) is 0 Å². The van der Waals surface area contributed by atoms with E-state index < -0.39 is 0 Å². The van der Waals surface area contributed by atoms with Crippen LogP contribution in [0.15, 0.2) is 11.6 Å². The zero-order valence-corrected chi connectivity index (χ0v) is 7.31. The SMILES string of the molecule is O=C1C=C2CCC[C@@]23CCC[C@@H]13. The van der Waals surface area contributed by atoms with Crippen molar-refractivity contribution >= 4 is 5.78 Å². The predicted octanol–water partition coefficient (Wildman–Crippen LogP) is 2.47. The second-order valence-electron chi connectivity index (χ2n) is 4.53. The summed E-state index contributed by atoms with van der Waals surface area (Å²) in [4.78, 5) is 11.6. The topological polar surface area (TPSA) is 17.1 Å². The van der Waals surface area contributed by atoms with E-state index in [2.05, 4.69) is 0 Å². The highest BCUT2D eigenvalue weighted by Gasteiger charge is 2.53. The zero-order chi connectivity index (χ0) is 8.18. The Balaban J connectivity index is 2.12. The van der Waals surface area contributed by atoms with E-state index in [1.165, 1.54) is 44.1 Å². The van der Waals surface area contributed by atoms with Crippen molar-refractivity contribution in [2.45, 2.75) is 38.5 Å². The largest absolute Gasteiger partial charge is 0.295 e. The standard InChI is InChI=1S/C11H14O/c12-10-7-8-3-1-5-11(8)6-2-4-9(10)11/h7,9H,1-6H2/t9-,11+/m0/s1. The molecule has 1 spiro atoms. The summed E-state index contributed by atoms with van der Waals surface area (Å²) >= 11 is 0. The molecule has 1 nitrogen and oxygen atoms in total. The Labute approximate surface area is 72.8 Å². The van der Waals surface area contributed by atoms with E-state index >= 15 is 0 Å². The van der Waals surface area contributed by atoms with Crippen LogP contribution in [0.3, 0.4) is 0 Å². The Morgan fingerprint density at radius 2 is 2.17 bits per heavy atom. The molecule has 3 aliphatic rings. The third-order valence-electron chi connectivity index (χ3n) is 4.15. The molecule has 12 heavy (non-hydrogen) atoms. The van der Waals surface area contributed by atoms with Gasteiger partial charge in [-0.2, -0.15) is 0 Å². The fourth-order valence-corrected chi connectivity index (χ4v) is 3.66. The molecule has 0 bridgehead atoms. The summed E-state index contributed by atoms with van der Waals surface area (Å²) in [5.74, 6) is 0.859. The Hall–Kier alpha value is -0.590. The van der Waals surface area contributed by atoms with Crippen LogP contribution in [0, 0.1) is 11.3 Å². The van der Waals surface area contributed by atoms with Crippen LogP contribution < -0.4 is 0 Å². The monoisotopic (exact) mass is 162 g/mol. The molecule has 3 aliphatic carbocycles. The Bertz CT molecular complexity index is 273. The summed E-state index contributed by atoms with van der Waals surface area (Å²) in [7, 11) is 0. The van der Waals surface area contributed by atoms with Crippen molar-refractivity contribution in [1.82, 2.24) is 0 Å². The smallest absolute Gasteiger partial charge is 0.159 e. The Kier molecular flexibility index (Phi) is 1.15. The van der Waals surface area contributed by atoms with E-state index in [1.807, 2.05) is 6.08 Å². The minimum absolute atomic E-state index is 0.400. The van der Waals surface area contributed by atoms with Crippen LogP contribution in [0.2, 0.25) is 0 Å². The van der Waals surface area contributed by atoms with Gasteiger partial charge in [0.2, 0.25) is 0 Å². The summed E-state index contributed by atoms with van der Waals surface area (Å²) in [6, 6.07) is 0. The maximum Gasteiger partial charge on any atom is 0.159 e. The molecule has 0 aromatic heterocycles. The fourth-order valence-electron chi connectivity index (χ4n) is 3.66. The van der Waals surface area contributed by atoms with Gasteiger partial charge < -0.3 is 0 Å². The number of hydrogen-bond donors (Lipinski definition) is 0. The fraction of sp³-hybridized carbons (Fsp3) is 0.727. The first-order valence-corrected chi connectivity index (χ1v) is 5.08. The van der Waals surface area contributed by atoms with Crippen LogP contribution in [-0.2, 0) is 4.79 Å². The quantitative estimate of drug-likeness (QED) is 0.534. The van der Waals surface area contributed by atoms with Crippen molar-refractivity contribution in [2.24, 2.45) is 11.3 Å². The van der Waals surface area contributed by atoms with Crippen molar-refractivity contribution in [3.63, 3.8) is 0 Å². The number of ketones is 1. The highest BCUT2D eigenvalue weighted by Crippen LogP contribution is 2.60. The van der Waals surface area contributed by atoms with Crippen LogP contribution in [0.4, 0.5) is 0 Å². The maximum absolute atomic E-state index is 11.6. The molecule has 3 rings (SSSR count). The van der Waals surface area contributed by atoms with Gasteiger partial charge in [0.25, 0.3) is 0 Å². The molecule has 0 radical (unpaired) electrons. The van der Waals surface area contributed by atoms with Crippen LogP contribution in [-0.4, -0.2) is 5.78 Å². The van der Waals surface area contributed by atoms with Gasteiger partial charge in [0.15, 0.2) is 5.78 Å². The summed E-state index contributed by atoms with van der Waals surface area (Å²) < 4.78 is 0. The summed E-state index contributed by atoms with van der Waals surface area (Å²) in [6.45, 7) is 0. The van der Waals surface area contributed by atoms with Crippen molar-refractivity contribution in [1.29, 1.82) is 0 Å². The van der Waals surface area contributed by atoms with Gasteiger partial charge in [0, 0.05) is 11.3 Å². The molecule has 0 aromatic carbocycles. The minimum atomic E-state index is 0.400. The molecule has 1 heteroatoms. The summed E-state index contributed by atoms with van der Waals surface area (Å²) in [5.41, 5.74) is 1.91. The first-order chi connectivity index (χ1) is 5.83. The third kappa shape index (κ3) is 0.596. The number of carbonyl (C=O) groups excluding carboxylic acids is 1. The normalized spacial score (nSPS) is 44.5. The van der Waals surface area contributed by atoms with Crippen LogP contribution in [0.5, 0.6) is 0 Å². The Morgan fingerprint density at radius 1 is 1.33 bits per heavy atom. The minimum Gasteiger partial charge on any atom is -0.295 e.